The number of aryl methyl sites for hydroxylation is 1. The molecular weight excluding hydrogens is 632 g/mol. The summed E-state index contributed by atoms with van der Waals surface area (Å²) in [6.07, 6.45) is 2.02. The van der Waals surface area contributed by atoms with Gasteiger partial charge in [-0.25, -0.2) is 4.98 Å². The van der Waals surface area contributed by atoms with Crippen molar-refractivity contribution >= 4 is 66.5 Å². The topological polar surface area (TPSA) is 95.2 Å². The summed E-state index contributed by atoms with van der Waals surface area (Å²) < 4.78 is 19.4. The van der Waals surface area contributed by atoms with Gasteiger partial charge >= 0.3 is 0 Å². The molecule has 0 radical (unpaired) electrons. The van der Waals surface area contributed by atoms with Gasteiger partial charge in [-0.05, 0) is 47.1 Å². The molecule has 0 atom stereocenters. The summed E-state index contributed by atoms with van der Waals surface area (Å²) in [5, 5.41) is 5.11. The second-order valence-electron chi connectivity index (χ2n) is 8.04. The van der Waals surface area contributed by atoms with E-state index in [1.807, 2.05) is 19.9 Å². The van der Waals surface area contributed by atoms with Gasteiger partial charge in [0.05, 0.1) is 36.9 Å². The normalized spacial score (nSPS) is 13.9. The fourth-order valence-corrected chi connectivity index (χ4v) is 4.81. The van der Waals surface area contributed by atoms with E-state index in [0.717, 1.165) is 4.47 Å². The van der Waals surface area contributed by atoms with Crippen molar-refractivity contribution in [2.45, 2.75) is 20.3 Å². The van der Waals surface area contributed by atoms with Crippen molar-refractivity contribution in [1.82, 2.24) is 14.6 Å². The van der Waals surface area contributed by atoms with Gasteiger partial charge in [-0.15, -0.1) is 0 Å². The molecule has 1 saturated heterocycles. The lowest BCUT2D eigenvalue weighted by molar-refractivity contribution is -0.137. The van der Waals surface area contributed by atoms with Gasteiger partial charge in [-0.1, -0.05) is 34.5 Å². The van der Waals surface area contributed by atoms with Crippen LogP contribution in [-0.2, 0) is 16.0 Å². The standard InChI is InChI=1S/C25H25Br2ClN4O5/c1-3-20-30-18-6-5-16(26)12-17(18)25(34)32(20)29-13-15-11-19(36-4-2)24(23(28)22(15)27)37-14-21(33)31-7-9-35-10-8-31/h5-6,11-13H,3-4,7-10,14H2,1-2H3. The lowest BCUT2D eigenvalue weighted by Crippen LogP contribution is -2.43. The summed E-state index contributed by atoms with van der Waals surface area (Å²) >= 11 is 13.5. The van der Waals surface area contributed by atoms with E-state index < -0.39 is 0 Å². The average molecular weight is 657 g/mol. The van der Waals surface area contributed by atoms with Gasteiger partial charge in [-0.3, -0.25) is 9.59 Å². The molecule has 1 aromatic heterocycles. The third-order valence-electron chi connectivity index (χ3n) is 5.66. The predicted molar refractivity (Wildman–Crippen MR) is 149 cm³/mol. The molecule has 4 rings (SSSR count). The highest BCUT2D eigenvalue weighted by Gasteiger charge is 2.22. The Hall–Kier alpha value is -2.47. The minimum absolute atomic E-state index is 0.162. The van der Waals surface area contributed by atoms with Crippen LogP contribution in [0.1, 0.15) is 25.2 Å². The zero-order chi connectivity index (χ0) is 26.5. The van der Waals surface area contributed by atoms with Crippen molar-refractivity contribution in [1.29, 1.82) is 0 Å². The zero-order valence-corrected chi connectivity index (χ0v) is 24.2. The second kappa shape index (κ2) is 12.4. The first-order valence-electron chi connectivity index (χ1n) is 11.7. The van der Waals surface area contributed by atoms with E-state index in [0.29, 0.717) is 71.8 Å². The lowest BCUT2D eigenvalue weighted by atomic mass is 10.2. The van der Waals surface area contributed by atoms with Crippen LogP contribution in [0.5, 0.6) is 11.5 Å². The molecule has 12 heteroatoms. The SMILES string of the molecule is CCOc1cc(C=Nn2c(CC)nc3ccc(Br)cc3c2=O)c(Br)c(Cl)c1OCC(=O)N1CCOCC1. The van der Waals surface area contributed by atoms with Gasteiger partial charge in [0, 0.05) is 34.0 Å². The molecule has 0 saturated carbocycles. The maximum absolute atomic E-state index is 13.2. The number of hydrogen-bond acceptors (Lipinski definition) is 7. The number of ether oxygens (including phenoxy) is 3. The summed E-state index contributed by atoms with van der Waals surface area (Å²) in [6.45, 7) is 5.95. The molecule has 0 bridgehead atoms. The quantitative estimate of drug-likeness (QED) is 0.328. The predicted octanol–water partition coefficient (Wildman–Crippen LogP) is 4.66. The van der Waals surface area contributed by atoms with E-state index in [4.69, 9.17) is 25.8 Å². The number of halogens is 3. The van der Waals surface area contributed by atoms with Crippen LogP contribution in [-0.4, -0.2) is 66.2 Å². The molecule has 0 unspecified atom stereocenters. The third kappa shape index (κ3) is 6.17. The molecule has 196 valence electrons. The average Bonchev–Trinajstić information content (AvgIpc) is 2.91. The van der Waals surface area contributed by atoms with Crippen molar-refractivity contribution in [2.24, 2.45) is 5.10 Å². The van der Waals surface area contributed by atoms with Gasteiger partial charge < -0.3 is 19.1 Å². The second-order valence-corrected chi connectivity index (χ2v) is 10.1. The van der Waals surface area contributed by atoms with E-state index in [1.54, 1.807) is 23.1 Å². The third-order valence-corrected chi connectivity index (χ3v) is 7.60. The highest BCUT2D eigenvalue weighted by molar-refractivity contribution is 9.10. The maximum atomic E-state index is 13.2. The Kier molecular flexibility index (Phi) is 9.22. The van der Waals surface area contributed by atoms with Gasteiger partial charge in [0.2, 0.25) is 0 Å². The van der Waals surface area contributed by atoms with Crippen molar-refractivity contribution in [3.8, 4) is 11.5 Å². The van der Waals surface area contributed by atoms with Crippen LogP contribution in [0.3, 0.4) is 0 Å². The molecule has 0 aliphatic carbocycles. The molecule has 9 nitrogen and oxygen atoms in total. The minimum Gasteiger partial charge on any atom is -0.490 e. The highest BCUT2D eigenvalue weighted by atomic mass is 79.9. The highest BCUT2D eigenvalue weighted by Crippen LogP contribution is 2.42. The van der Waals surface area contributed by atoms with Crippen LogP contribution in [0.25, 0.3) is 10.9 Å². The molecule has 1 aliphatic rings. The zero-order valence-electron chi connectivity index (χ0n) is 20.3. The van der Waals surface area contributed by atoms with Crippen molar-refractivity contribution in [3.63, 3.8) is 0 Å². The molecule has 0 N–H and O–H groups in total. The van der Waals surface area contributed by atoms with E-state index in [1.165, 1.54) is 10.9 Å². The number of amides is 1. The Morgan fingerprint density at radius 1 is 1.22 bits per heavy atom. The lowest BCUT2D eigenvalue weighted by Gasteiger charge is -2.27. The number of nitrogens with zero attached hydrogens (tertiary/aromatic N) is 4. The van der Waals surface area contributed by atoms with E-state index >= 15 is 0 Å². The summed E-state index contributed by atoms with van der Waals surface area (Å²) in [6, 6.07) is 7.05. The molecule has 1 fully saturated rings. The molecule has 3 aromatic rings. The number of rotatable bonds is 8. The van der Waals surface area contributed by atoms with Crippen LogP contribution < -0.4 is 15.0 Å². The largest absolute Gasteiger partial charge is 0.490 e. The van der Waals surface area contributed by atoms with Gasteiger partial charge in [0.15, 0.2) is 18.1 Å². The van der Waals surface area contributed by atoms with Gasteiger partial charge in [-0.2, -0.15) is 9.78 Å². The summed E-state index contributed by atoms with van der Waals surface area (Å²) in [5.41, 5.74) is 0.879. The number of fused-ring (bicyclic) bond motifs is 1. The van der Waals surface area contributed by atoms with Gasteiger partial charge in [0.25, 0.3) is 11.5 Å². The van der Waals surface area contributed by atoms with Crippen molar-refractivity contribution < 1.29 is 19.0 Å². The Labute approximate surface area is 235 Å². The minimum atomic E-state index is -0.284. The van der Waals surface area contributed by atoms with Crippen LogP contribution in [0.4, 0.5) is 0 Å². The molecule has 37 heavy (non-hydrogen) atoms. The van der Waals surface area contributed by atoms with Gasteiger partial charge in [0.1, 0.15) is 10.8 Å². The first-order chi connectivity index (χ1) is 17.8. The Bertz CT molecular complexity index is 1410. The van der Waals surface area contributed by atoms with E-state index in [2.05, 4.69) is 41.9 Å². The Morgan fingerprint density at radius 2 is 1.97 bits per heavy atom. The number of hydrogen-bond donors (Lipinski definition) is 0. The number of carbonyl (C=O) groups is 1. The first-order valence-corrected chi connectivity index (χ1v) is 13.7. The monoisotopic (exact) mass is 654 g/mol. The van der Waals surface area contributed by atoms with E-state index in [9.17, 15) is 9.59 Å². The number of aromatic nitrogens is 2. The first kappa shape index (κ1) is 27.6. The smallest absolute Gasteiger partial charge is 0.282 e. The number of benzene rings is 2. The maximum Gasteiger partial charge on any atom is 0.282 e. The Balaban J connectivity index is 1.66. The fourth-order valence-electron chi connectivity index (χ4n) is 3.80. The molecule has 0 spiro atoms. The molecule has 2 heterocycles. The van der Waals surface area contributed by atoms with Crippen LogP contribution in [0.2, 0.25) is 5.02 Å². The molecular formula is C25H25Br2ClN4O5. The summed E-state index contributed by atoms with van der Waals surface area (Å²) in [7, 11) is 0. The summed E-state index contributed by atoms with van der Waals surface area (Å²) in [4.78, 5) is 32.0. The Morgan fingerprint density at radius 3 is 2.68 bits per heavy atom. The fraction of sp³-hybridized carbons (Fsp3) is 0.360. The van der Waals surface area contributed by atoms with Crippen LogP contribution in [0.15, 0.2) is 43.1 Å². The molecule has 1 aliphatic heterocycles. The van der Waals surface area contributed by atoms with Crippen molar-refractivity contribution in [2.75, 3.05) is 39.5 Å². The molecule has 1 amide bonds. The van der Waals surface area contributed by atoms with Crippen LogP contribution in [0, 0.1) is 0 Å². The summed E-state index contributed by atoms with van der Waals surface area (Å²) in [5.74, 6) is 0.962. The number of morpholine rings is 1. The molecule has 2 aromatic carbocycles. The van der Waals surface area contributed by atoms with Crippen LogP contribution >= 0.6 is 43.5 Å². The number of carbonyl (C=O) groups excluding carboxylic acids is 1. The van der Waals surface area contributed by atoms with Crippen molar-refractivity contribution in [3.05, 3.63) is 60.0 Å². The van der Waals surface area contributed by atoms with E-state index in [-0.39, 0.29) is 28.8 Å².